The highest BCUT2D eigenvalue weighted by Gasteiger charge is 2.31. The molecule has 0 saturated carbocycles. The van der Waals surface area contributed by atoms with E-state index < -0.39 is 6.04 Å². The van der Waals surface area contributed by atoms with Crippen LogP contribution >= 0.6 is 0 Å². The van der Waals surface area contributed by atoms with Gasteiger partial charge in [-0.05, 0) is 25.3 Å². The normalized spacial score (nSPS) is 23.5. The molecule has 0 spiro atoms. The third-order valence-electron chi connectivity index (χ3n) is 4.77. The van der Waals surface area contributed by atoms with Crippen LogP contribution in [0.2, 0.25) is 0 Å². The molecular formula is C18H29N3O2. The SMILES string of the molecule is COCC(N)C(=O)N(C)C1CCN(Cc2ccccc2)C(C)C1. The fourth-order valence-corrected chi connectivity index (χ4v) is 3.29. The summed E-state index contributed by atoms with van der Waals surface area (Å²) in [5, 5.41) is 0. The van der Waals surface area contributed by atoms with E-state index in [0.717, 1.165) is 25.9 Å². The third-order valence-corrected chi connectivity index (χ3v) is 4.77. The van der Waals surface area contributed by atoms with E-state index >= 15 is 0 Å². The Balaban J connectivity index is 1.89. The van der Waals surface area contributed by atoms with Crippen molar-refractivity contribution in [2.45, 2.75) is 44.4 Å². The Morgan fingerprint density at radius 2 is 2.13 bits per heavy atom. The zero-order valence-corrected chi connectivity index (χ0v) is 14.4. The molecule has 0 radical (unpaired) electrons. The Hall–Kier alpha value is -1.43. The summed E-state index contributed by atoms with van der Waals surface area (Å²) in [7, 11) is 3.43. The number of nitrogens with zero attached hydrogens (tertiary/aromatic N) is 2. The maximum absolute atomic E-state index is 12.3. The molecule has 1 aliphatic heterocycles. The second-order valence-corrected chi connectivity index (χ2v) is 6.49. The molecule has 1 saturated heterocycles. The number of hydrogen-bond acceptors (Lipinski definition) is 4. The Morgan fingerprint density at radius 1 is 1.43 bits per heavy atom. The Labute approximate surface area is 139 Å². The van der Waals surface area contributed by atoms with Crippen LogP contribution in [0.25, 0.3) is 0 Å². The number of carbonyl (C=O) groups excluding carboxylic acids is 1. The lowest BCUT2D eigenvalue weighted by atomic mass is 9.96. The van der Waals surface area contributed by atoms with Gasteiger partial charge in [0.2, 0.25) is 5.91 Å². The number of piperidine rings is 1. The summed E-state index contributed by atoms with van der Waals surface area (Å²) >= 11 is 0. The number of carbonyl (C=O) groups is 1. The van der Waals surface area contributed by atoms with Crippen LogP contribution in [0.3, 0.4) is 0 Å². The fraction of sp³-hybridized carbons (Fsp3) is 0.611. The summed E-state index contributed by atoms with van der Waals surface area (Å²) in [5.41, 5.74) is 7.21. The second kappa shape index (κ2) is 8.43. The molecule has 0 bridgehead atoms. The lowest BCUT2D eigenvalue weighted by Crippen LogP contribution is -2.53. The zero-order valence-electron chi connectivity index (χ0n) is 14.4. The van der Waals surface area contributed by atoms with Gasteiger partial charge < -0.3 is 15.4 Å². The van der Waals surface area contributed by atoms with Gasteiger partial charge in [0.25, 0.3) is 0 Å². The largest absolute Gasteiger partial charge is 0.383 e. The topological polar surface area (TPSA) is 58.8 Å². The minimum absolute atomic E-state index is 0.0273. The van der Waals surface area contributed by atoms with E-state index in [1.807, 2.05) is 18.0 Å². The maximum atomic E-state index is 12.3. The fourth-order valence-electron chi connectivity index (χ4n) is 3.29. The highest BCUT2D eigenvalue weighted by atomic mass is 16.5. The van der Waals surface area contributed by atoms with E-state index in [9.17, 15) is 4.79 Å². The van der Waals surface area contributed by atoms with Crippen molar-refractivity contribution in [3.05, 3.63) is 35.9 Å². The number of nitrogens with two attached hydrogens (primary N) is 1. The summed E-state index contributed by atoms with van der Waals surface area (Å²) in [6.07, 6.45) is 1.97. The number of benzene rings is 1. The van der Waals surface area contributed by atoms with Gasteiger partial charge in [-0.15, -0.1) is 0 Å². The smallest absolute Gasteiger partial charge is 0.241 e. The van der Waals surface area contributed by atoms with Crippen molar-refractivity contribution in [3.63, 3.8) is 0 Å². The number of likely N-dealkylation sites (tertiary alicyclic amines) is 1. The van der Waals surface area contributed by atoms with E-state index in [1.165, 1.54) is 5.56 Å². The molecule has 23 heavy (non-hydrogen) atoms. The molecule has 128 valence electrons. The minimum Gasteiger partial charge on any atom is -0.383 e. The molecule has 1 amide bonds. The van der Waals surface area contributed by atoms with Crippen LogP contribution < -0.4 is 5.73 Å². The van der Waals surface area contributed by atoms with Crippen LogP contribution in [-0.4, -0.2) is 61.1 Å². The summed E-state index contributed by atoms with van der Waals surface area (Å²) in [5.74, 6) is -0.0273. The van der Waals surface area contributed by atoms with Crippen molar-refractivity contribution >= 4 is 5.91 Å². The average Bonchev–Trinajstić information content (AvgIpc) is 2.56. The number of methoxy groups -OCH3 is 1. The molecule has 1 aliphatic rings. The first-order valence-corrected chi connectivity index (χ1v) is 8.32. The van der Waals surface area contributed by atoms with Crippen molar-refractivity contribution in [1.82, 2.24) is 9.80 Å². The predicted octanol–water partition coefficient (Wildman–Crippen LogP) is 1.47. The molecule has 0 aliphatic carbocycles. The van der Waals surface area contributed by atoms with Gasteiger partial charge in [-0.2, -0.15) is 0 Å². The lowest BCUT2D eigenvalue weighted by Gasteiger charge is -2.41. The first kappa shape index (κ1) is 17.9. The van der Waals surface area contributed by atoms with E-state index in [-0.39, 0.29) is 18.6 Å². The maximum Gasteiger partial charge on any atom is 0.241 e. The first-order valence-electron chi connectivity index (χ1n) is 8.32. The van der Waals surface area contributed by atoms with Gasteiger partial charge in [-0.3, -0.25) is 9.69 Å². The first-order chi connectivity index (χ1) is 11.0. The van der Waals surface area contributed by atoms with E-state index in [0.29, 0.717) is 6.04 Å². The van der Waals surface area contributed by atoms with Crippen molar-refractivity contribution in [2.24, 2.45) is 5.73 Å². The number of amides is 1. The van der Waals surface area contributed by atoms with Crippen LogP contribution in [0.5, 0.6) is 0 Å². The molecule has 5 nitrogen and oxygen atoms in total. The molecule has 0 aromatic heterocycles. The van der Waals surface area contributed by atoms with E-state index in [2.05, 4.69) is 36.1 Å². The molecule has 1 fully saturated rings. The number of likely N-dealkylation sites (N-methyl/N-ethyl adjacent to an activating group) is 1. The van der Waals surface area contributed by atoms with Crippen LogP contribution in [0.15, 0.2) is 30.3 Å². The quantitative estimate of drug-likeness (QED) is 0.863. The summed E-state index contributed by atoms with van der Waals surface area (Å²) in [6, 6.07) is 10.7. The highest BCUT2D eigenvalue weighted by molar-refractivity contribution is 5.81. The lowest BCUT2D eigenvalue weighted by molar-refractivity contribution is -0.135. The third kappa shape index (κ3) is 4.77. The molecule has 5 heteroatoms. The number of ether oxygens (including phenoxy) is 1. The monoisotopic (exact) mass is 319 g/mol. The zero-order chi connectivity index (χ0) is 16.8. The molecule has 3 atom stereocenters. The molecule has 2 rings (SSSR count). The molecule has 1 aromatic rings. The van der Waals surface area contributed by atoms with Crippen LogP contribution in [0.1, 0.15) is 25.3 Å². The highest BCUT2D eigenvalue weighted by Crippen LogP contribution is 2.23. The number of hydrogen-bond donors (Lipinski definition) is 1. The van der Waals surface area contributed by atoms with Crippen molar-refractivity contribution < 1.29 is 9.53 Å². The standard InChI is InChI=1S/C18H29N3O2/c1-14-11-16(20(2)18(22)17(19)13-23-3)9-10-21(14)12-15-7-5-4-6-8-15/h4-8,14,16-17H,9-13,19H2,1-3H3. The molecular weight excluding hydrogens is 290 g/mol. The van der Waals surface area contributed by atoms with Gasteiger partial charge >= 0.3 is 0 Å². The van der Waals surface area contributed by atoms with Crippen molar-refractivity contribution in [2.75, 3.05) is 27.3 Å². The van der Waals surface area contributed by atoms with Crippen LogP contribution in [0.4, 0.5) is 0 Å². The van der Waals surface area contributed by atoms with Gasteiger partial charge in [0.1, 0.15) is 6.04 Å². The minimum atomic E-state index is -0.567. The molecule has 2 N–H and O–H groups in total. The van der Waals surface area contributed by atoms with E-state index in [1.54, 1.807) is 7.11 Å². The van der Waals surface area contributed by atoms with E-state index in [4.69, 9.17) is 10.5 Å². The Kier molecular flexibility index (Phi) is 6.57. The Bertz CT molecular complexity index is 494. The van der Waals surface area contributed by atoms with Crippen LogP contribution in [0, 0.1) is 0 Å². The summed E-state index contributed by atoms with van der Waals surface area (Å²) in [6.45, 7) is 4.47. The Morgan fingerprint density at radius 3 is 2.74 bits per heavy atom. The summed E-state index contributed by atoms with van der Waals surface area (Å²) in [4.78, 5) is 16.6. The van der Waals surface area contributed by atoms with Gasteiger partial charge in [0.15, 0.2) is 0 Å². The van der Waals surface area contributed by atoms with Crippen molar-refractivity contribution in [1.29, 1.82) is 0 Å². The van der Waals surface area contributed by atoms with Gasteiger partial charge in [0, 0.05) is 39.3 Å². The second-order valence-electron chi connectivity index (χ2n) is 6.49. The van der Waals surface area contributed by atoms with Gasteiger partial charge in [-0.1, -0.05) is 30.3 Å². The summed E-state index contributed by atoms with van der Waals surface area (Å²) < 4.78 is 4.99. The molecule has 3 unspecified atom stereocenters. The number of rotatable bonds is 6. The van der Waals surface area contributed by atoms with Crippen molar-refractivity contribution in [3.8, 4) is 0 Å². The molecule has 1 heterocycles. The van der Waals surface area contributed by atoms with Crippen LogP contribution in [-0.2, 0) is 16.1 Å². The average molecular weight is 319 g/mol. The predicted molar refractivity (Wildman–Crippen MR) is 92.0 cm³/mol. The van der Waals surface area contributed by atoms with Gasteiger partial charge in [0.05, 0.1) is 6.61 Å². The molecule has 1 aromatic carbocycles. The van der Waals surface area contributed by atoms with Gasteiger partial charge in [-0.25, -0.2) is 0 Å².